The van der Waals surface area contributed by atoms with Crippen LogP contribution in [-0.4, -0.2) is 38.6 Å². The molecule has 1 amide bonds. The zero-order valence-corrected chi connectivity index (χ0v) is 16.0. The summed E-state index contributed by atoms with van der Waals surface area (Å²) in [6.45, 7) is 0.651. The summed E-state index contributed by atoms with van der Waals surface area (Å²) in [6.07, 6.45) is 0. The second kappa shape index (κ2) is 9.20. The van der Waals surface area contributed by atoms with Crippen LogP contribution in [0.15, 0.2) is 36.4 Å². The van der Waals surface area contributed by atoms with Crippen molar-refractivity contribution in [1.29, 1.82) is 0 Å². The number of hydrogen-bond acceptors (Lipinski definition) is 5. The van der Waals surface area contributed by atoms with Crippen LogP contribution < -0.4 is 19.7 Å². The van der Waals surface area contributed by atoms with Gasteiger partial charge < -0.3 is 19.7 Å². The third-order valence-corrected chi connectivity index (χ3v) is 4.11. The van der Waals surface area contributed by atoms with Crippen LogP contribution in [0.2, 0.25) is 5.02 Å². The number of benzene rings is 2. The van der Waals surface area contributed by atoms with E-state index in [1.165, 1.54) is 18.2 Å². The Hall–Kier alpha value is -2.84. The number of nitrogens with zero attached hydrogens (tertiary/aromatic N) is 1. The maximum atomic E-state index is 12.3. The van der Waals surface area contributed by atoms with Crippen molar-refractivity contribution in [2.75, 3.05) is 33.1 Å². The summed E-state index contributed by atoms with van der Waals surface area (Å²) in [5.41, 5.74) is 0.788. The van der Waals surface area contributed by atoms with E-state index in [-0.39, 0.29) is 28.8 Å². The van der Waals surface area contributed by atoms with Gasteiger partial charge in [-0.05, 0) is 24.3 Å². The van der Waals surface area contributed by atoms with Crippen molar-refractivity contribution in [1.82, 2.24) is 0 Å². The van der Waals surface area contributed by atoms with Crippen LogP contribution in [0.4, 0.5) is 11.4 Å². The predicted octanol–water partition coefficient (Wildman–Crippen LogP) is 1.92. The van der Waals surface area contributed by atoms with Gasteiger partial charge >= 0.3 is 0 Å². The van der Waals surface area contributed by atoms with Crippen LogP contribution >= 0.6 is 11.6 Å². The molecule has 1 atom stereocenters. The molecule has 27 heavy (non-hydrogen) atoms. The number of rotatable bonds is 8. The van der Waals surface area contributed by atoms with Gasteiger partial charge in [-0.2, -0.15) is 0 Å². The number of halogens is 1. The Morgan fingerprint density at radius 3 is 2.59 bits per heavy atom. The van der Waals surface area contributed by atoms with E-state index in [0.717, 1.165) is 10.5 Å². The lowest BCUT2D eigenvalue weighted by Crippen LogP contribution is -3.08. The van der Waals surface area contributed by atoms with Crippen LogP contribution in [0.1, 0.15) is 5.56 Å². The van der Waals surface area contributed by atoms with Gasteiger partial charge in [-0.25, -0.2) is 0 Å². The second-order valence-electron chi connectivity index (χ2n) is 5.96. The Kier molecular flexibility index (Phi) is 6.98. The third-order valence-electron chi connectivity index (χ3n) is 3.88. The molecule has 2 rings (SSSR count). The lowest BCUT2D eigenvalue weighted by molar-refractivity contribution is -0.885. The van der Waals surface area contributed by atoms with Crippen LogP contribution in [0.25, 0.3) is 0 Å². The number of carbonyl (C=O) groups is 1. The first kappa shape index (κ1) is 20.5. The van der Waals surface area contributed by atoms with Gasteiger partial charge in [0, 0.05) is 22.7 Å². The molecule has 0 heterocycles. The maximum absolute atomic E-state index is 12.3. The molecular formula is C18H21ClN3O5+. The normalized spacial score (nSPS) is 11.6. The van der Waals surface area contributed by atoms with E-state index in [0.29, 0.717) is 18.0 Å². The number of nitro groups is 1. The zero-order valence-electron chi connectivity index (χ0n) is 15.2. The number of amides is 1. The molecule has 0 aliphatic heterocycles. The molecular weight excluding hydrogens is 374 g/mol. The fraction of sp³-hybridized carbons (Fsp3) is 0.278. The van der Waals surface area contributed by atoms with Gasteiger partial charge in [-0.1, -0.05) is 11.6 Å². The van der Waals surface area contributed by atoms with E-state index in [1.54, 1.807) is 20.3 Å². The maximum Gasteiger partial charge on any atom is 0.294 e. The summed E-state index contributed by atoms with van der Waals surface area (Å²) < 4.78 is 10.5. The highest BCUT2D eigenvalue weighted by Crippen LogP contribution is 2.27. The van der Waals surface area contributed by atoms with E-state index < -0.39 is 4.92 Å². The third kappa shape index (κ3) is 5.57. The van der Waals surface area contributed by atoms with Gasteiger partial charge in [0.2, 0.25) is 0 Å². The number of carbonyl (C=O) groups excluding carboxylic acids is 1. The summed E-state index contributed by atoms with van der Waals surface area (Å²) >= 11 is 5.78. The fourth-order valence-corrected chi connectivity index (χ4v) is 2.78. The molecule has 8 nitrogen and oxygen atoms in total. The first-order chi connectivity index (χ1) is 12.8. The van der Waals surface area contributed by atoms with Crippen LogP contribution in [-0.2, 0) is 11.3 Å². The molecule has 0 saturated carbocycles. The molecule has 2 N–H and O–H groups in total. The minimum absolute atomic E-state index is 0.115. The summed E-state index contributed by atoms with van der Waals surface area (Å²) in [7, 11) is 4.99. The lowest BCUT2D eigenvalue weighted by atomic mass is 10.1. The topological polar surface area (TPSA) is 95.1 Å². The number of hydrogen-bond donors (Lipinski definition) is 2. The number of nitrogens with one attached hydrogen (secondary N) is 2. The quantitative estimate of drug-likeness (QED) is 0.527. The Bertz CT molecular complexity index is 844. The van der Waals surface area contributed by atoms with Crippen LogP contribution in [0.5, 0.6) is 11.5 Å². The molecule has 9 heteroatoms. The molecule has 0 aliphatic carbocycles. The molecule has 0 spiro atoms. The number of ether oxygens (including phenoxy) is 2. The second-order valence-corrected chi connectivity index (χ2v) is 6.39. The monoisotopic (exact) mass is 394 g/mol. The van der Waals surface area contributed by atoms with Crippen LogP contribution in [0.3, 0.4) is 0 Å². The van der Waals surface area contributed by atoms with Crippen molar-refractivity contribution in [2.45, 2.75) is 6.54 Å². The highest BCUT2D eigenvalue weighted by molar-refractivity contribution is 6.31. The zero-order chi connectivity index (χ0) is 20.0. The standard InChI is InChI=1S/C18H20ClN3O5/c1-21(10-12-4-6-14(26-2)9-17(12)27-3)11-18(23)20-15-7-5-13(19)8-16(15)22(24)25/h4-9H,10-11H2,1-3H3,(H,20,23)/p+1. The van der Waals surface area contributed by atoms with Crippen molar-refractivity contribution in [3.63, 3.8) is 0 Å². The Labute approximate surface area is 161 Å². The smallest absolute Gasteiger partial charge is 0.294 e. The SMILES string of the molecule is COc1ccc(C[NH+](C)CC(=O)Nc2ccc(Cl)cc2[N+](=O)[O-])c(OC)c1. The van der Waals surface area contributed by atoms with E-state index in [1.807, 2.05) is 19.2 Å². The molecule has 0 fully saturated rings. The summed E-state index contributed by atoms with van der Waals surface area (Å²) in [4.78, 5) is 23.7. The highest BCUT2D eigenvalue weighted by atomic mass is 35.5. The number of likely N-dealkylation sites (N-methyl/N-ethyl adjacent to an activating group) is 1. The molecule has 144 valence electrons. The van der Waals surface area contributed by atoms with Gasteiger partial charge in [0.1, 0.15) is 23.7 Å². The fourth-order valence-electron chi connectivity index (χ4n) is 2.62. The largest absolute Gasteiger partial charge is 0.497 e. The molecule has 0 aromatic heterocycles. The Balaban J connectivity index is 2.03. The number of nitro benzene ring substituents is 1. The number of quaternary nitrogens is 1. The Morgan fingerprint density at radius 2 is 1.96 bits per heavy atom. The first-order valence-electron chi connectivity index (χ1n) is 8.10. The number of anilines is 1. The molecule has 2 aromatic carbocycles. The Morgan fingerprint density at radius 1 is 1.22 bits per heavy atom. The van der Waals surface area contributed by atoms with Gasteiger partial charge in [-0.3, -0.25) is 14.9 Å². The predicted molar refractivity (Wildman–Crippen MR) is 102 cm³/mol. The van der Waals surface area contributed by atoms with Gasteiger partial charge in [0.05, 0.1) is 26.2 Å². The van der Waals surface area contributed by atoms with Crippen molar-refractivity contribution >= 4 is 28.9 Å². The molecule has 0 radical (unpaired) electrons. The van der Waals surface area contributed by atoms with E-state index in [9.17, 15) is 14.9 Å². The van der Waals surface area contributed by atoms with Crippen molar-refractivity contribution < 1.29 is 24.1 Å². The van der Waals surface area contributed by atoms with Crippen molar-refractivity contribution in [3.05, 3.63) is 57.1 Å². The average Bonchev–Trinajstić information content (AvgIpc) is 2.63. The average molecular weight is 395 g/mol. The van der Waals surface area contributed by atoms with Gasteiger partial charge in [0.25, 0.3) is 11.6 Å². The van der Waals surface area contributed by atoms with Crippen LogP contribution in [0, 0.1) is 10.1 Å². The first-order valence-corrected chi connectivity index (χ1v) is 8.47. The lowest BCUT2D eigenvalue weighted by Gasteiger charge is -2.16. The number of methoxy groups -OCH3 is 2. The van der Waals surface area contributed by atoms with Crippen molar-refractivity contribution in [2.24, 2.45) is 0 Å². The summed E-state index contributed by atoms with van der Waals surface area (Å²) in [5, 5.41) is 13.9. The molecule has 0 saturated heterocycles. The minimum atomic E-state index is -0.583. The summed E-state index contributed by atoms with van der Waals surface area (Å²) in [5.74, 6) is 1.01. The molecule has 0 bridgehead atoms. The summed E-state index contributed by atoms with van der Waals surface area (Å²) in [6, 6.07) is 9.59. The van der Waals surface area contributed by atoms with Crippen molar-refractivity contribution in [3.8, 4) is 11.5 Å². The molecule has 1 unspecified atom stereocenters. The minimum Gasteiger partial charge on any atom is -0.497 e. The van der Waals surface area contributed by atoms with Gasteiger partial charge in [-0.15, -0.1) is 0 Å². The highest BCUT2D eigenvalue weighted by Gasteiger charge is 2.19. The van der Waals surface area contributed by atoms with E-state index >= 15 is 0 Å². The van der Waals surface area contributed by atoms with Gasteiger partial charge in [0.15, 0.2) is 6.54 Å². The molecule has 2 aromatic rings. The van der Waals surface area contributed by atoms with E-state index in [2.05, 4.69) is 5.32 Å². The van der Waals surface area contributed by atoms with E-state index in [4.69, 9.17) is 21.1 Å². The molecule has 0 aliphatic rings.